The van der Waals surface area contributed by atoms with Crippen LogP contribution in [0.1, 0.15) is 117 Å². The highest BCUT2D eigenvalue weighted by Crippen LogP contribution is 2.17. The fraction of sp³-hybridized carbons (Fsp3) is 0.923. The average Bonchev–Trinajstić information content (AvgIpc) is 2.65. The third-order valence-corrected chi connectivity index (χ3v) is 5.82. The van der Waals surface area contributed by atoms with Gasteiger partial charge in [0.05, 0.1) is 21.1 Å². The maximum atomic E-state index is 12.0. The van der Waals surface area contributed by atoms with Crippen molar-refractivity contribution in [3.63, 3.8) is 0 Å². The lowest BCUT2D eigenvalue weighted by molar-refractivity contribution is -0.873. The summed E-state index contributed by atoms with van der Waals surface area (Å²) in [5.41, 5.74) is 0. The minimum absolute atomic E-state index is 0.237. The largest absolute Gasteiger partial charge is 0.550 e. The Morgan fingerprint density at radius 3 is 1.77 bits per heavy atom. The number of hydrogen-bond donors (Lipinski definition) is 0. The molecule has 2 atom stereocenters. The first-order valence-electron chi connectivity index (χ1n) is 12.8. The van der Waals surface area contributed by atoms with Crippen LogP contribution in [0.5, 0.6) is 0 Å². The van der Waals surface area contributed by atoms with E-state index in [9.17, 15) is 14.7 Å². The Morgan fingerprint density at radius 1 is 0.806 bits per heavy atom. The number of nitrogens with zero attached hydrogens (tertiary/aromatic N) is 1. The summed E-state index contributed by atoms with van der Waals surface area (Å²) in [6.07, 6.45) is 17.3. The molecule has 0 bridgehead atoms. The molecule has 5 heteroatoms. The second-order valence-electron chi connectivity index (χ2n) is 10.5. The van der Waals surface area contributed by atoms with E-state index in [-0.39, 0.29) is 12.4 Å². The zero-order valence-corrected chi connectivity index (χ0v) is 21.3. The number of quaternary nitrogens is 1. The number of rotatable bonds is 21. The van der Waals surface area contributed by atoms with Gasteiger partial charge in [-0.2, -0.15) is 0 Å². The van der Waals surface area contributed by atoms with Crippen LogP contribution in [0.3, 0.4) is 0 Å². The molecular formula is C26H51NO4. The van der Waals surface area contributed by atoms with Crippen molar-refractivity contribution in [2.24, 2.45) is 5.92 Å². The molecule has 0 fully saturated rings. The van der Waals surface area contributed by atoms with E-state index in [1.165, 1.54) is 70.6 Å². The molecule has 31 heavy (non-hydrogen) atoms. The lowest BCUT2D eigenvalue weighted by Gasteiger charge is -2.29. The first-order chi connectivity index (χ1) is 14.6. The Bertz CT molecular complexity index is 459. The SMILES string of the molecule is CCCCC(C)CCCCCCCCCCCCC(=O)OC(CC(=O)[O-])C[N+](C)(C)C. The number of carboxylic acid groups (broad SMARTS) is 1. The normalized spacial score (nSPS) is 13.7. The van der Waals surface area contributed by atoms with E-state index in [1.807, 2.05) is 21.1 Å². The molecule has 0 spiro atoms. The number of carboxylic acids is 1. The standard InChI is InChI=1S/C26H51NO4/c1-6-7-18-23(2)19-16-14-12-10-8-9-11-13-15-17-20-26(30)31-24(21-25(28)29)22-27(3,4)5/h23-24H,6-22H2,1-5H3. The number of esters is 1. The van der Waals surface area contributed by atoms with E-state index >= 15 is 0 Å². The van der Waals surface area contributed by atoms with Gasteiger partial charge in [0.25, 0.3) is 0 Å². The lowest BCUT2D eigenvalue weighted by atomic mass is 9.97. The van der Waals surface area contributed by atoms with Crippen LogP contribution in [0.25, 0.3) is 0 Å². The molecule has 0 saturated heterocycles. The topological polar surface area (TPSA) is 66.4 Å². The molecule has 0 aromatic heterocycles. The Kier molecular flexibility index (Phi) is 17.8. The number of unbranched alkanes of at least 4 members (excludes halogenated alkanes) is 10. The molecular weight excluding hydrogens is 390 g/mol. The molecule has 0 N–H and O–H groups in total. The zero-order chi connectivity index (χ0) is 23.5. The van der Waals surface area contributed by atoms with E-state index in [0.717, 1.165) is 25.2 Å². The van der Waals surface area contributed by atoms with Crippen LogP contribution in [0.15, 0.2) is 0 Å². The fourth-order valence-corrected chi connectivity index (χ4v) is 4.06. The number of aliphatic carboxylic acids is 1. The smallest absolute Gasteiger partial charge is 0.306 e. The minimum Gasteiger partial charge on any atom is -0.550 e. The van der Waals surface area contributed by atoms with Crippen LogP contribution in [0.2, 0.25) is 0 Å². The Hall–Kier alpha value is -1.10. The highest BCUT2D eigenvalue weighted by molar-refractivity contribution is 5.70. The summed E-state index contributed by atoms with van der Waals surface area (Å²) in [4.78, 5) is 22.9. The molecule has 0 aliphatic heterocycles. The minimum atomic E-state index is -1.17. The highest BCUT2D eigenvalue weighted by atomic mass is 16.5. The Morgan fingerprint density at radius 2 is 1.29 bits per heavy atom. The van der Waals surface area contributed by atoms with Crippen molar-refractivity contribution in [1.82, 2.24) is 0 Å². The van der Waals surface area contributed by atoms with Crippen molar-refractivity contribution in [1.29, 1.82) is 0 Å². The van der Waals surface area contributed by atoms with Gasteiger partial charge in [0.2, 0.25) is 0 Å². The quantitative estimate of drug-likeness (QED) is 0.139. The molecule has 184 valence electrons. The van der Waals surface area contributed by atoms with E-state index in [2.05, 4.69) is 13.8 Å². The first kappa shape index (κ1) is 29.9. The predicted molar refractivity (Wildman–Crippen MR) is 126 cm³/mol. The van der Waals surface area contributed by atoms with Gasteiger partial charge in [0.15, 0.2) is 6.10 Å². The summed E-state index contributed by atoms with van der Waals surface area (Å²) < 4.78 is 5.93. The van der Waals surface area contributed by atoms with Crippen LogP contribution >= 0.6 is 0 Å². The maximum absolute atomic E-state index is 12.0. The van der Waals surface area contributed by atoms with Crippen molar-refractivity contribution < 1.29 is 23.9 Å². The van der Waals surface area contributed by atoms with Crippen LogP contribution in [0, 0.1) is 5.92 Å². The van der Waals surface area contributed by atoms with Gasteiger partial charge in [-0.15, -0.1) is 0 Å². The van der Waals surface area contributed by atoms with Gasteiger partial charge < -0.3 is 19.1 Å². The van der Waals surface area contributed by atoms with Gasteiger partial charge >= 0.3 is 5.97 Å². The Balaban J connectivity index is 3.60. The van der Waals surface area contributed by atoms with Crippen molar-refractivity contribution in [2.45, 2.75) is 123 Å². The summed E-state index contributed by atoms with van der Waals surface area (Å²) in [6, 6.07) is 0. The monoisotopic (exact) mass is 441 g/mol. The third kappa shape index (κ3) is 21.9. The molecule has 0 amide bonds. The van der Waals surface area contributed by atoms with Crippen LogP contribution in [-0.4, -0.2) is 50.2 Å². The summed E-state index contributed by atoms with van der Waals surface area (Å²) in [6.45, 7) is 5.14. The molecule has 0 aliphatic rings. The molecule has 0 aliphatic carbocycles. The summed E-state index contributed by atoms with van der Waals surface area (Å²) >= 11 is 0. The van der Waals surface area contributed by atoms with Crippen molar-refractivity contribution in [3.8, 4) is 0 Å². The van der Waals surface area contributed by atoms with E-state index in [1.54, 1.807) is 0 Å². The number of carbonyl (C=O) groups is 2. The molecule has 0 aromatic rings. The second kappa shape index (κ2) is 18.5. The van der Waals surface area contributed by atoms with Crippen molar-refractivity contribution in [2.75, 3.05) is 27.7 Å². The number of ether oxygens (including phenoxy) is 1. The first-order valence-corrected chi connectivity index (χ1v) is 12.8. The van der Waals surface area contributed by atoms with Crippen LogP contribution in [-0.2, 0) is 14.3 Å². The zero-order valence-electron chi connectivity index (χ0n) is 21.3. The van der Waals surface area contributed by atoms with Gasteiger partial charge in [-0.1, -0.05) is 97.3 Å². The second-order valence-corrected chi connectivity index (χ2v) is 10.5. The number of carbonyl (C=O) groups excluding carboxylic acids is 2. The maximum Gasteiger partial charge on any atom is 0.306 e. The van der Waals surface area contributed by atoms with Crippen molar-refractivity contribution in [3.05, 3.63) is 0 Å². The van der Waals surface area contributed by atoms with E-state index < -0.39 is 12.1 Å². The molecule has 5 nitrogen and oxygen atoms in total. The summed E-state index contributed by atoms with van der Waals surface area (Å²) in [5, 5.41) is 10.9. The van der Waals surface area contributed by atoms with Crippen molar-refractivity contribution >= 4 is 11.9 Å². The number of hydrogen-bond acceptors (Lipinski definition) is 4. The lowest BCUT2D eigenvalue weighted by Crippen LogP contribution is -2.45. The van der Waals surface area contributed by atoms with Crippen LogP contribution < -0.4 is 5.11 Å². The van der Waals surface area contributed by atoms with Gasteiger partial charge in [-0.05, 0) is 12.3 Å². The molecule has 0 saturated carbocycles. The summed E-state index contributed by atoms with van der Waals surface area (Å²) in [5.74, 6) is -0.563. The number of likely N-dealkylation sites (N-methyl/N-ethyl adjacent to an activating group) is 1. The molecule has 0 aromatic carbocycles. The van der Waals surface area contributed by atoms with E-state index in [0.29, 0.717) is 17.4 Å². The predicted octanol–water partition coefficient (Wildman–Crippen LogP) is 5.25. The average molecular weight is 442 g/mol. The summed E-state index contributed by atoms with van der Waals surface area (Å²) in [7, 11) is 5.85. The highest BCUT2D eigenvalue weighted by Gasteiger charge is 2.22. The van der Waals surface area contributed by atoms with Gasteiger partial charge in [-0.25, -0.2) is 0 Å². The van der Waals surface area contributed by atoms with Crippen LogP contribution in [0.4, 0.5) is 0 Å². The van der Waals surface area contributed by atoms with Gasteiger partial charge in [0, 0.05) is 18.8 Å². The molecule has 2 unspecified atom stereocenters. The Labute approximate surface area is 192 Å². The molecule has 0 rings (SSSR count). The fourth-order valence-electron chi connectivity index (χ4n) is 4.06. The van der Waals surface area contributed by atoms with E-state index in [4.69, 9.17) is 4.74 Å². The molecule has 0 heterocycles. The third-order valence-electron chi connectivity index (χ3n) is 5.82. The molecule has 0 radical (unpaired) electrons. The van der Waals surface area contributed by atoms with Gasteiger partial charge in [-0.3, -0.25) is 4.79 Å². The van der Waals surface area contributed by atoms with Gasteiger partial charge in [0.1, 0.15) is 6.54 Å².